The van der Waals surface area contributed by atoms with Gasteiger partial charge in [0.05, 0.1) is 18.1 Å². The lowest BCUT2D eigenvalue weighted by molar-refractivity contribution is -0.385. The number of anilines is 1. The molecule has 0 radical (unpaired) electrons. The predicted molar refractivity (Wildman–Crippen MR) is 85.7 cm³/mol. The van der Waals surface area contributed by atoms with Crippen molar-refractivity contribution in [1.82, 2.24) is 0 Å². The Morgan fingerprint density at radius 1 is 1.36 bits per heavy atom. The van der Waals surface area contributed by atoms with E-state index in [0.29, 0.717) is 11.9 Å². The maximum Gasteiger partial charge on any atom is 0.311 e. The Kier molecular flexibility index (Phi) is 6.00. The van der Waals surface area contributed by atoms with E-state index in [1.165, 1.54) is 13.2 Å². The standard InChI is InChI=1S/C16H24N2O4/c1-3-11-22-14-5-4-9-17(10-8-14)13-6-7-15(18(19)20)16(12-13)21-2/h6-7,12,14H,3-5,8-11H2,1-2H3. The maximum atomic E-state index is 11.0. The van der Waals surface area contributed by atoms with Crippen molar-refractivity contribution in [3.8, 4) is 5.75 Å². The van der Waals surface area contributed by atoms with Gasteiger partial charge >= 0.3 is 5.69 Å². The van der Waals surface area contributed by atoms with Crippen LogP contribution in [-0.4, -0.2) is 37.8 Å². The minimum atomic E-state index is -0.417. The first-order valence-corrected chi connectivity index (χ1v) is 7.84. The fraction of sp³-hybridized carbons (Fsp3) is 0.625. The zero-order valence-corrected chi connectivity index (χ0v) is 13.3. The summed E-state index contributed by atoms with van der Waals surface area (Å²) in [5.74, 6) is 0.311. The number of nitrogens with zero attached hydrogens (tertiary/aromatic N) is 2. The third kappa shape index (κ3) is 4.10. The summed E-state index contributed by atoms with van der Waals surface area (Å²) in [7, 11) is 1.46. The van der Waals surface area contributed by atoms with Gasteiger partial charge in [0, 0.05) is 37.5 Å². The van der Waals surface area contributed by atoms with Crippen LogP contribution in [0.4, 0.5) is 11.4 Å². The number of nitro groups is 1. The molecule has 0 amide bonds. The molecule has 1 atom stereocenters. The van der Waals surface area contributed by atoms with Gasteiger partial charge in [-0.2, -0.15) is 0 Å². The second-order valence-electron chi connectivity index (χ2n) is 5.52. The van der Waals surface area contributed by atoms with Gasteiger partial charge in [-0.1, -0.05) is 6.92 Å². The summed E-state index contributed by atoms with van der Waals surface area (Å²) in [4.78, 5) is 12.8. The van der Waals surface area contributed by atoms with Crippen molar-refractivity contribution in [3.05, 3.63) is 28.3 Å². The molecular formula is C16H24N2O4. The fourth-order valence-electron chi connectivity index (χ4n) is 2.79. The predicted octanol–water partition coefficient (Wildman–Crippen LogP) is 3.39. The van der Waals surface area contributed by atoms with Crippen molar-refractivity contribution in [1.29, 1.82) is 0 Å². The van der Waals surface area contributed by atoms with Crippen molar-refractivity contribution in [2.45, 2.75) is 38.7 Å². The number of nitro benzene ring substituents is 1. The number of hydrogen-bond acceptors (Lipinski definition) is 5. The number of hydrogen-bond donors (Lipinski definition) is 0. The average Bonchev–Trinajstić information content (AvgIpc) is 2.77. The van der Waals surface area contributed by atoms with Crippen LogP contribution in [0.5, 0.6) is 5.75 Å². The Bertz CT molecular complexity index is 507. The quantitative estimate of drug-likeness (QED) is 0.595. The molecule has 6 heteroatoms. The zero-order valence-electron chi connectivity index (χ0n) is 13.3. The summed E-state index contributed by atoms with van der Waals surface area (Å²) >= 11 is 0. The third-order valence-electron chi connectivity index (χ3n) is 3.96. The highest BCUT2D eigenvalue weighted by Crippen LogP contribution is 2.32. The lowest BCUT2D eigenvalue weighted by atomic mass is 10.1. The Balaban J connectivity index is 2.06. The highest BCUT2D eigenvalue weighted by atomic mass is 16.6. The molecule has 2 rings (SSSR count). The van der Waals surface area contributed by atoms with E-state index >= 15 is 0 Å². The molecule has 6 nitrogen and oxygen atoms in total. The molecule has 0 bridgehead atoms. The van der Waals surface area contributed by atoms with Crippen LogP contribution >= 0.6 is 0 Å². The van der Waals surface area contributed by atoms with E-state index in [1.54, 1.807) is 12.1 Å². The van der Waals surface area contributed by atoms with Crippen LogP contribution in [0.25, 0.3) is 0 Å². The largest absolute Gasteiger partial charge is 0.490 e. The number of ether oxygens (including phenoxy) is 2. The molecule has 1 fully saturated rings. The van der Waals surface area contributed by atoms with Crippen molar-refractivity contribution in [3.63, 3.8) is 0 Å². The van der Waals surface area contributed by atoms with Crippen LogP contribution in [0, 0.1) is 10.1 Å². The summed E-state index contributed by atoms with van der Waals surface area (Å²) in [5, 5.41) is 11.0. The molecule has 0 spiro atoms. The monoisotopic (exact) mass is 308 g/mol. The molecule has 1 aliphatic heterocycles. The van der Waals surface area contributed by atoms with Gasteiger partial charge < -0.3 is 14.4 Å². The zero-order chi connectivity index (χ0) is 15.9. The summed E-state index contributed by atoms with van der Waals surface area (Å²) in [6.45, 7) is 4.77. The minimum Gasteiger partial charge on any atom is -0.490 e. The fourth-order valence-corrected chi connectivity index (χ4v) is 2.79. The Hall–Kier alpha value is -1.82. The van der Waals surface area contributed by atoms with E-state index in [9.17, 15) is 10.1 Å². The lowest BCUT2D eigenvalue weighted by Crippen LogP contribution is -2.25. The molecule has 0 saturated carbocycles. The van der Waals surface area contributed by atoms with E-state index in [1.807, 2.05) is 0 Å². The second kappa shape index (κ2) is 7.98. The summed E-state index contributed by atoms with van der Waals surface area (Å²) in [6, 6.07) is 5.07. The number of rotatable bonds is 6. The van der Waals surface area contributed by atoms with Crippen LogP contribution in [-0.2, 0) is 4.74 Å². The maximum absolute atomic E-state index is 11.0. The topological polar surface area (TPSA) is 64.8 Å². The molecule has 1 saturated heterocycles. The normalized spacial score (nSPS) is 18.8. The van der Waals surface area contributed by atoms with Crippen LogP contribution < -0.4 is 9.64 Å². The molecule has 0 aliphatic carbocycles. The second-order valence-corrected chi connectivity index (χ2v) is 5.52. The lowest BCUT2D eigenvalue weighted by Gasteiger charge is -2.23. The Morgan fingerprint density at radius 3 is 2.86 bits per heavy atom. The minimum absolute atomic E-state index is 0.00484. The first-order chi connectivity index (χ1) is 10.7. The average molecular weight is 308 g/mol. The molecule has 22 heavy (non-hydrogen) atoms. The third-order valence-corrected chi connectivity index (χ3v) is 3.96. The highest BCUT2D eigenvalue weighted by Gasteiger charge is 2.20. The number of benzene rings is 1. The summed E-state index contributed by atoms with van der Waals surface area (Å²) in [5.41, 5.74) is 0.976. The van der Waals surface area contributed by atoms with Crippen molar-refractivity contribution >= 4 is 11.4 Å². The molecule has 1 aromatic carbocycles. The van der Waals surface area contributed by atoms with Gasteiger partial charge in [-0.05, 0) is 31.7 Å². The summed E-state index contributed by atoms with van der Waals surface area (Å²) in [6.07, 6.45) is 4.48. The van der Waals surface area contributed by atoms with Gasteiger partial charge in [-0.3, -0.25) is 10.1 Å². The molecule has 1 heterocycles. The molecule has 122 valence electrons. The van der Waals surface area contributed by atoms with Gasteiger partial charge in [0.25, 0.3) is 0 Å². The van der Waals surface area contributed by atoms with Crippen LogP contribution in [0.1, 0.15) is 32.6 Å². The first kappa shape index (κ1) is 16.5. The molecular weight excluding hydrogens is 284 g/mol. The Labute approximate surface area is 131 Å². The van der Waals surface area contributed by atoms with Crippen molar-refractivity contribution in [2.24, 2.45) is 0 Å². The van der Waals surface area contributed by atoms with E-state index in [0.717, 1.165) is 51.1 Å². The summed E-state index contributed by atoms with van der Waals surface area (Å²) < 4.78 is 11.0. The van der Waals surface area contributed by atoms with Gasteiger partial charge in [-0.15, -0.1) is 0 Å². The van der Waals surface area contributed by atoms with Crippen LogP contribution in [0.3, 0.4) is 0 Å². The smallest absolute Gasteiger partial charge is 0.311 e. The van der Waals surface area contributed by atoms with Crippen LogP contribution in [0.15, 0.2) is 18.2 Å². The molecule has 1 aromatic rings. The van der Waals surface area contributed by atoms with E-state index in [2.05, 4.69) is 11.8 Å². The highest BCUT2D eigenvalue weighted by molar-refractivity contribution is 5.59. The Morgan fingerprint density at radius 2 is 2.18 bits per heavy atom. The molecule has 1 unspecified atom stereocenters. The van der Waals surface area contributed by atoms with E-state index in [4.69, 9.17) is 9.47 Å². The van der Waals surface area contributed by atoms with Crippen molar-refractivity contribution in [2.75, 3.05) is 31.7 Å². The van der Waals surface area contributed by atoms with E-state index < -0.39 is 4.92 Å². The number of methoxy groups -OCH3 is 1. The molecule has 0 N–H and O–H groups in total. The van der Waals surface area contributed by atoms with E-state index in [-0.39, 0.29) is 5.69 Å². The van der Waals surface area contributed by atoms with Gasteiger partial charge in [0.15, 0.2) is 5.75 Å². The molecule has 1 aliphatic rings. The molecule has 0 aromatic heterocycles. The SMILES string of the molecule is CCCOC1CCCN(c2ccc([N+](=O)[O-])c(OC)c2)CC1. The van der Waals surface area contributed by atoms with Gasteiger partial charge in [-0.25, -0.2) is 0 Å². The van der Waals surface area contributed by atoms with Crippen LogP contribution in [0.2, 0.25) is 0 Å². The van der Waals surface area contributed by atoms with Gasteiger partial charge in [0.1, 0.15) is 0 Å². The van der Waals surface area contributed by atoms with Crippen molar-refractivity contribution < 1.29 is 14.4 Å². The van der Waals surface area contributed by atoms with Gasteiger partial charge in [0.2, 0.25) is 0 Å². The first-order valence-electron chi connectivity index (χ1n) is 7.84.